The Bertz CT molecular complexity index is 377. The molecule has 4 nitrogen and oxygen atoms in total. The highest BCUT2D eigenvalue weighted by Gasteiger charge is 2.40. The van der Waals surface area contributed by atoms with E-state index in [4.69, 9.17) is 10.5 Å². The van der Waals surface area contributed by atoms with Crippen molar-refractivity contribution >= 4 is 0 Å². The molecule has 0 aromatic heterocycles. The van der Waals surface area contributed by atoms with Gasteiger partial charge >= 0.3 is 0 Å². The van der Waals surface area contributed by atoms with Crippen molar-refractivity contribution in [2.45, 2.75) is 58.9 Å². The van der Waals surface area contributed by atoms with Crippen LogP contribution < -0.4 is 10.6 Å². The second-order valence-electron chi connectivity index (χ2n) is 7.20. The molecular formula is C16H28N4. The molecule has 0 heterocycles. The first-order valence-corrected chi connectivity index (χ1v) is 7.59. The molecule has 1 aliphatic rings. The van der Waals surface area contributed by atoms with Gasteiger partial charge in [0.2, 0.25) is 0 Å². The zero-order valence-corrected chi connectivity index (χ0v) is 13.1. The Morgan fingerprint density at radius 3 is 2.35 bits per heavy atom. The minimum Gasteiger partial charge on any atom is -0.315 e. The van der Waals surface area contributed by atoms with E-state index in [1.807, 2.05) is 0 Å². The summed E-state index contributed by atoms with van der Waals surface area (Å²) in [5, 5.41) is 24.2. The lowest BCUT2D eigenvalue weighted by molar-refractivity contribution is 0.0709. The maximum Gasteiger partial charge on any atom is 0.0635 e. The van der Waals surface area contributed by atoms with Crippen molar-refractivity contribution in [2.24, 2.45) is 10.8 Å². The van der Waals surface area contributed by atoms with Crippen LogP contribution in [0.1, 0.15) is 52.9 Å². The number of rotatable bonds is 7. The minimum atomic E-state index is 0.265. The third-order valence-electron chi connectivity index (χ3n) is 4.08. The second-order valence-corrected chi connectivity index (χ2v) is 7.20. The van der Waals surface area contributed by atoms with Crippen molar-refractivity contribution in [2.75, 3.05) is 19.6 Å². The van der Waals surface area contributed by atoms with E-state index in [-0.39, 0.29) is 5.41 Å². The van der Waals surface area contributed by atoms with Crippen LogP contribution in [-0.4, -0.2) is 25.7 Å². The Morgan fingerprint density at radius 1 is 1.05 bits per heavy atom. The van der Waals surface area contributed by atoms with Crippen molar-refractivity contribution in [3.05, 3.63) is 0 Å². The molecule has 2 atom stereocenters. The summed E-state index contributed by atoms with van der Waals surface area (Å²) in [5.74, 6) is 0. The fourth-order valence-electron chi connectivity index (χ4n) is 3.78. The molecule has 20 heavy (non-hydrogen) atoms. The van der Waals surface area contributed by atoms with Gasteiger partial charge in [-0.25, -0.2) is 0 Å². The van der Waals surface area contributed by atoms with Crippen molar-refractivity contribution in [3.8, 4) is 12.1 Å². The summed E-state index contributed by atoms with van der Waals surface area (Å²) in [4.78, 5) is 0. The van der Waals surface area contributed by atoms with Gasteiger partial charge in [0.25, 0.3) is 0 Å². The molecule has 1 aliphatic carbocycles. The van der Waals surface area contributed by atoms with Gasteiger partial charge in [-0.05, 0) is 30.1 Å². The summed E-state index contributed by atoms with van der Waals surface area (Å²) in [6.07, 6.45) is 4.67. The van der Waals surface area contributed by atoms with Gasteiger partial charge in [-0.2, -0.15) is 10.5 Å². The number of nitrogens with one attached hydrogen (secondary N) is 2. The monoisotopic (exact) mass is 276 g/mol. The maximum atomic E-state index is 8.64. The van der Waals surface area contributed by atoms with Gasteiger partial charge in [0.15, 0.2) is 0 Å². The SMILES string of the molecule is CC1(C)C[C@@H](NCCC#N)C[C@](C)(CNCCC#N)C1. The predicted molar refractivity (Wildman–Crippen MR) is 80.9 cm³/mol. The predicted octanol–water partition coefficient (Wildman–Crippen LogP) is 2.58. The second kappa shape index (κ2) is 7.62. The van der Waals surface area contributed by atoms with Crippen LogP contribution in [0.5, 0.6) is 0 Å². The average Bonchev–Trinajstić information content (AvgIpc) is 2.33. The van der Waals surface area contributed by atoms with Crippen LogP contribution in [0.4, 0.5) is 0 Å². The third kappa shape index (κ3) is 5.90. The number of nitrogens with zero attached hydrogens (tertiary/aromatic N) is 2. The van der Waals surface area contributed by atoms with Gasteiger partial charge in [-0.15, -0.1) is 0 Å². The molecule has 0 aliphatic heterocycles. The van der Waals surface area contributed by atoms with E-state index in [0.29, 0.717) is 24.3 Å². The van der Waals surface area contributed by atoms with Crippen molar-refractivity contribution in [1.29, 1.82) is 10.5 Å². The van der Waals surface area contributed by atoms with Gasteiger partial charge in [-0.1, -0.05) is 20.8 Å². The first kappa shape index (κ1) is 17.0. The smallest absolute Gasteiger partial charge is 0.0635 e. The molecule has 1 rings (SSSR count). The van der Waals surface area contributed by atoms with Crippen LogP contribution in [-0.2, 0) is 0 Å². The van der Waals surface area contributed by atoms with E-state index in [0.717, 1.165) is 26.1 Å². The van der Waals surface area contributed by atoms with E-state index in [1.165, 1.54) is 12.8 Å². The average molecular weight is 276 g/mol. The number of nitriles is 2. The Balaban J connectivity index is 2.52. The maximum absolute atomic E-state index is 8.64. The van der Waals surface area contributed by atoms with Crippen molar-refractivity contribution < 1.29 is 0 Å². The van der Waals surface area contributed by atoms with E-state index < -0.39 is 0 Å². The Kier molecular flexibility index (Phi) is 6.46. The van der Waals surface area contributed by atoms with Gasteiger partial charge in [0.1, 0.15) is 0 Å². The van der Waals surface area contributed by atoms with Crippen LogP contribution >= 0.6 is 0 Å². The zero-order chi connectivity index (χ0) is 15.1. The number of hydrogen-bond donors (Lipinski definition) is 2. The van der Waals surface area contributed by atoms with E-state index in [2.05, 4.69) is 43.5 Å². The lowest BCUT2D eigenvalue weighted by Gasteiger charge is -2.47. The molecule has 0 saturated heterocycles. The molecule has 0 aromatic carbocycles. The van der Waals surface area contributed by atoms with Gasteiger partial charge in [0, 0.05) is 38.5 Å². The van der Waals surface area contributed by atoms with E-state index in [1.54, 1.807) is 0 Å². The molecule has 0 amide bonds. The van der Waals surface area contributed by atoms with E-state index >= 15 is 0 Å². The lowest BCUT2D eigenvalue weighted by Crippen LogP contribution is -2.48. The molecule has 4 heteroatoms. The summed E-state index contributed by atoms with van der Waals surface area (Å²) in [6, 6.07) is 4.86. The topological polar surface area (TPSA) is 71.6 Å². The molecule has 0 radical (unpaired) electrons. The summed E-state index contributed by atoms with van der Waals surface area (Å²) in [5.41, 5.74) is 0.593. The molecule has 1 saturated carbocycles. The fourth-order valence-corrected chi connectivity index (χ4v) is 3.78. The Hall–Kier alpha value is -1.10. The van der Waals surface area contributed by atoms with Gasteiger partial charge in [-0.3, -0.25) is 0 Å². The normalized spacial score (nSPS) is 28.6. The molecule has 0 spiro atoms. The highest BCUT2D eigenvalue weighted by Crippen LogP contribution is 2.45. The van der Waals surface area contributed by atoms with Crippen LogP contribution in [0.2, 0.25) is 0 Å². The van der Waals surface area contributed by atoms with Gasteiger partial charge in [0.05, 0.1) is 12.1 Å². The first-order chi connectivity index (χ1) is 9.41. The highest BCUT2D eigenvalue weighted by molar-refractivity contribution is 4.95. The fraction of sp³-hybridized carbons (Fsp3) is 0.875. The molecule has 0 bridgehead atoms. The molecule has 112 valence electrons. The highest BCUT2D eigenvalue weighted by atomic mass is 14.9. The zero-order valence-electron chi connectivity index (χ0n) is 13.1. The summed E-state index contributed by atoms with van der Waals surface area (Å²) in [6.45, 7) is 9.53. The Morgan fingerprint density at radius 2 is 1.70 bits per heavy atom. The summed E-state index contributed by atoms with van der Waals surface area (Å²) >= 11 is 0. The molecule has 0 aromatic rings. The molecular weight excluding hydrogens is 248 g/mol. The summed E-state index contributed by atoms with van der Waals surface area (Å²) in [7, 11) is 0. The van der Waals surface area contributed by atoms with E-state index in [9.17, 15) is 0 Å². The minimum absolute atomic E-state index is 0.265. The van der Waals surface area contributed by atoms with Crippen molar-refractivity contribution in [3.63, 3.8) is 0 Å². The van der Waals surface area contributed by atoms with Crippen molar-refractivity contribution in [1.82, 2.24) is 10.6 Å². The van der Waals surface area contributed by atoms with Gasteiger partial charge < -0.3 is 10.6 Å². The summed E-state index contributed by atoms with van der Waals surface area (Å²) < 4.78 is 0. The third-order valence-corrected chi connectivity index (χ3v) is 4.08. The van der Waals surface area contributed by atoms with Crippen LogP contribution in [0.25, 0.3) is 0 Å². The molecule has 1 fully saturated rings. The molecule has 2 N–H and O–H groups in total. The quantitative estimate of drug-likeness (QED) is 0.701. The standard InChI is InChI=1S/C16H28N4/c1-15(2)10-14(20-9-5-7-18)11-16(3,12-15)13-19-8-4-6-17/h14,19-20H,4-5,8-13H2,1-3H3/t14-,16+/m1/s1. The van der Waals surface area contributed by atoms with Crippen LogP contribution in [0.3, 0.4) is 0 Å². The molecule has 0 unspecified atom stereocenters. The van der Waals surface area contributed by atoms with Crippen LogP contribution in [0, 0.1) is 33.5 Å². The first-order valence-electron chi connectivity index (χ1n) is 7.59. The Labute approximate surface area is 123 Å². The number of hydrogen-bond acceptors (Lipinski definition) is 4. The lowest BCUT2D eigenvalue weighted by atomic mass is 9.62. The largest absolute Gasteiger partial charge is 0.315 e. The van der Waals surface area contributed by atoms with Crippen LogP contribution in [0.15, 0.2) is 0 Å².